The van der Waals surface area contributed by atoms with Crippen molar-refractivity contribution in [2.24, 2.45) is 0 Å². The Labute approximate surface area is 401 Å². The molecular formula is C37H90Cl2O10Si7. The Balaban J connectivity index is -0.000000193. The number of ether oxygens (including phenoxy) is 8. The molecule has 56 heavy (non-hydrogen) atoms. The van der Waals surface area contributed by atoms with Gasteiger partial charge < -0.3 is 37.9 Å². The van der Waals surface area contributed by atoms with Crippen LogP contribution in [0.15, 0.2) is 24.8 Å². The van der Waals surface area contributed by atoms with Gasteiger partial charge in [-0.1, -0.05) is 49.4 Å². The van der Waals surface area contributed by atoms with E-state index in [9.17, 15) is 9.59 Å². The summed E-state index contributed by atoms with van der Waals surface area (Å²) in [7, 11) is -20.3. The van der Waals surface area contributed by atoms with Crippen molar-refractivity contribution in [3.05, 3.63) is 24.8 Å². The van der Waals surface area contributed by atoms with Gasteiger partial charge >= 0.3 is 11.9 Å². The van der Waals surface area contributed by atoms with E-state index < -0.39 is 82.2 Å². The van der Waals surface area contributed by atoms with E-state index in [4.69, 9.17) is 77.6 Å². The molecule has 1 heterocycles. The number of esters is 2. The highest BCUT2D eigenvalue weighted by atomic mass is 35.5. The number of hydrogen-bond donors (Lipinski definition) is 0. The molecular weight excluding hydrogens is 872 g/mol. The summed E-state index contributed by atoms with van der Waals surface area (Å²) in [5, 5.41) is 0. The lowest BCUT2D eigenvalue weighted by Gasteiger charge is -2.22. The first-order valence-electron chi connectivity index (χ1n) is 29.3. The molecule has 2 atom stereocenters. The molecule has 0 amide bonds. The fourth-order valence-electron chi connectivity index (χ4n) is 2.78. The predicted octanol–water partition coefficient (Wildman–Crippen LogP) is 1.16. The molecule has 0 aliphatic carbocycles. The average molecular weight is 1000 g/mol. The quantitative estimate of drug-likeness (QED) is 0.0244. The van der Waals surface area contributed by atoms with E-state index in [1.54, 1.807) is 14.0 Å². The second kappa shape index (κ2) is 67.1. The Bertz CT molecular complexity index is 1420. The maximum atomic E-state index is 10.8. The van der Waals surface area contributed by atoms with Crippen LogP contribution in [0.2, 0.25) is 36.3 Å². The minimum atomic E-state index is -3.22. The van der Waals surface area contributed by atoms with Crippen LogP contribution in [0.4, 0.5) is 0 Å². The Kier molecular flexibility index (Phi) is 40.5. The van der Waals surface area contributed by atoms with Crippen molar-refractivity contribution < 1.29 is 47.5 Å². The van der Waals surface area contributed by atoms with Crippen LogP contribution in [0, 0.1) is 0 Å². The zero-order valence-electron chi connectivity index (χ0n) is 55.7. The third-order valence-electron chi connectivity index (χ3n) is 5.45. The Morgan fingerprint density at radius 2 is 1.36 bits per heavy atom. The van der Waals surface area contributed by atoms with E-state index in [0.29, 0.717) is 101 Å². The lowest BCUT2D eigenvalue weighted by atomic mass is 10.2. The summed E-state index contributed by atoms with van der Waals surface area (Å²) in [4.78, 5) is 21.3. The molecule has 19 heteroatoms. The van der Waals surface area contributed by atoms with Crippen LogP contribution in [-0.4, -0.2) is 192 Å². The molecule has 0 bridgehead atoms. The van der Waals surface area contributed by atoms with Crippen LogP contribution in [0.25, 0.3) is 0 Å². The molecule has 1 fully saturated rings. The van der Waals surface area contributed by atoms with Gasteiger partial charge in [-0.15, -0.1) is 23.2 Å². The molecule has 0 aromatic rings. The summed E-state index contributed by atoms with van der Waals surface area (Å²) in [6.07, 6.45) is 7.33. The SMILES string of the molecule is [3H][Si]([3H])([3H])CCCCl.[3H][Si]([3H])([3H])CCCOC(=O)C(=C)C.[3H][Si]([3H])([3H])CCCOC(=O)C=C.[3H][Si]([3H])([3H])CCCOC(C)OCC.[3H][Si]([3H])([3H])CCCOC1CCCCO1.[3H][Si]([3H])([3H])CCCOCOC.[3H][Si]([3H])([3H])CCl. The smallest absolute Gasteiger partial charge is 0.333 e. The molecule has 1 rings (SSSR count). The predicted molar refractivity (Wildman–Crippen MR) is 269 cm³/mol. The van der Waals surface area contributed by atoms with Gasteiger partial charge in [0.1, 0.15) is 6.79 Å². The third kappa shape index (κ3) is 78.6. The standard InChI is InChI=1S/C8H18O2Si.C7H14O2Si.C7H18O2Si.C6H12O2Si.C5H14O2Si.C3H9ClSi.CH5ClSi/c11-7-3-6-10-8-4-1-2-5-9-8;1-6(2)7(8)9-4-3-5-10;1-3-8-7(2)9-5-4-6-10;1-2-6(7)8-4-3-5-9;1-6-5-7-3-2-4-8;4-2-1-3-5;2-1-3/h8H,1-7H2,11H3;1,3-5H2,2,10H3;7H,3-6H2,1-2,10H3;2H,1,3-5H2,9H3;2-5H2,1,8H3;1-3H2,5H3;1H2,3H3/i11T3;2*10T3;9T3;8T3;5T3;3T3. The Hall–Kier alpha value is 0.278. The van der Waals surface area contributed by atoms with Crippen LogP contribution in [0.1, 0.15) is 78.6 Å². The van der Waals surface area contributed by atoms with E-state index in [1.165, 1.54) is 0 Å². The second-order valence-corrected chi connectivity index (χ2v) is 15.1. The normalized spacial score (nSPS) is 20.0. The van der Waals surface area contributed by atoms with E-state index in [1.807, 2.05) is 13.8 Å². The largest absolute Gasteiger partial charge is 0.463 e. The van der Waals surface area contributed by atoms with E-state index in [-0.39, 0.29) is 50.2 Å². The van der Waals surface area contributed by atoms with Gasteiger partial charge in [-0.05, 0) is 78.6 Å². The Morgan fingerprint density at radius 3 is 1.80 bits per heavy atom. The molecule has 1 aliphatic rings. The zero-order chi connectivity index (χ0) is 61.4. The molecule has 0 radical (unpaired) electrons. The van der Waals surface area contributed by atoms with Gasteiger partial charge in [0.2, 0.25) is 0 Å². The summed E-state index contributed by atoms with van der Waals surface area (Å²) in [5.74, 6) is -0.472. The van der Waals surface area contributed by atoms with E-state index in [0.717, 1.165) is 31.9 Å². The maximum Gasteiger partial charge on any atom is 0.333 e. The summed E-state index contributed by atoms with van der Waals surface area (Å²) in [5.41, 5.74) is 0.221. The number of rotatable bonds is 32. The minimum Gasteiger partial charge on any atom is -0.463 e. The molecule has 1 aliphatic heterocycles. The average Bonchev–Trinajstić information content (AvgIpc) is 3.28. The van der Waals surface area contributed by atoms with Crippen molar-refractivity contribution in [1.29, 1.82) is 25.9 Å². The molecule has 340 valence electrons. The first-order valence-corrected chi connectivity index (χ1v) is 24.8. The summed E-state index contributed by atoms with van der Waals surface area (Å²) < 4.78 is 186. The van der Waals surface area contributed by atoms with Gasteiger partial charge in [0.15, 0.2) is 12.6 Å². The van der Waals surface area contributed by atoms with E-state index >= 15 is 0 Å². The molecule has 10 nitrogen and oxygen atoms in total. The summed E-state index contributed by atoms with van der Waals surface area (Å²) in [6.45, 7) is 15.4. The van der Waals surface area contributed by atoms with Crippen molar-refractivity contribution in [3.8, 4) is 0 Å². The highest BCUT2D eigenvalue weighted by molar-refractivity contribution is 6.36. The first kappa shape index (κ1) is 33.8. The fourth-order valence-corrected chi connectivity index (χ4v) is 4.04. The molecule has 0 aromatic heterocycles. The zero-order valence-corrected chi connectivity index (χ0v) is 43.2. The molecule has 0 aromatic carbocycles. The highest BCUT2D eigenvalue weighted by Crippen LogP contribution is 2.13. The van der Waals surface area contributed by atoms with Crippen molar-refractivity contribution in [3.63, 3.8) is 0 Å². The van der Waals surface area contributed by atoms with Gasteiger partial charge in [0, 0.05) is 159 Å². The molecule has 0 spiro atoms. The summed E-state index contributed by atoms with van der Waals surface area (Å²) in [6, 6.07) is 1.83. The molecule has 2 unspecified atom stereocenters. The van der Waals surface area contributed by atoms with E-state index in [2.05, 4.69) is 22.6 Å². The van der Waals surface area contributed by atoms with Crippen molar-refractivity contribution in [2.45, 2.75) is 127 Å². The molecule has 0 saturated carbocycles. The Morgan fingerprint density at radius 1 is 0.821 bits per heavy atom. The summed E-state index contributed by atoms with van der Waals surface area (Å²) >= 11 is 10.3. The number of alkyl halides is 2. The lowest BCUT2D eigenvalue weighted by molar-refractivity contribution is -0.162. The van der Waals surface area contributed by atoms with Gasteiger partial charge in [-0.2, -0.15) is 0 Å². The number of hydrogen-bond acceptors (Lipinski definition) is 10. The van der Waals surface area contributed by atoms with Crippen LogP contribution >= 0.6 is 23.2 Å². The number of halogens is 2. The minimum absolute atomic E-state index is 0.0815. The fraction of sp³-hybridized carbons (Fsp3) is 0.838. The third-order valence-corrected chi connectivity index (χ3v) is 7.84. The van der Waals surface area contributed by atoms with Crippen molar-refractivity contribution >= 4 is 105 Å². The van der Waals surface area contributed by atoms with Gasteiger partial charge in [0.25, 0.3) is 0 Å². The van der Waals surface area contributed by atoms with Gasteiger partial charge in [0.05, 0.1) is 13.2 Å². The van der Waals surface area contributed by atoms with Crippen LogP contribution in [0.5, 0.6) is 0 Å². The molecule has 1 saturated heterocycles. The second-order valence-electron chi connectivity index (χ2n) is 10.6. The first-order chi connectivity index (χ1) is 35.0. The topological polar surface area (TPSA) is 108 Å². The lowest BCUT2D eigenvalue weighted by Crippen LogP contribution is -2.22. The van der Waals surface area contributed by atoms with Gasteiger partial charge in [-0.25, -0.2) is 9.59 Å². The van der Waals surface area contributed by atoms with Crippen LogP contribution in [0.3, 0.4) is 0 Å². The van der Waals surface area contributed by atoms with Crippen molar-refractivity contribution in [2.75, 3.05) is 71.5 Å². The van der Waals surface area contributed by atoms with Crippen molar-refractivity contribution in [1.82, 2.24) is 0 Å². The monoisotopic (exact) mass is 1000 g/mol. The van der Waals surface area contributed by atoms with Crippen LogP contribution < -0.4 is 0 Å². The number of methoxy groups -OCH3 is 1. The number of carbonyl (C=O) groups excluding carboxylic acids is 2. The highest BCUT2D eigenvalue weighted by Gasteiger charge is 2.12. The van der Waals surface area contributed by atoms with Gasteiger partial charge in [-0.3, -0.25) is 0 Å². The molecule has 0 N–H and O–H groups in total. The number of carbonyl (C=O) groups is 2. The maximum absolute atomic E-state index is 10.8. The van der Waals surface area contributed by atoms with Crippen LogP contribution in [-0.2, 0) is 47.5 Å².